The lowest BCUT2D eigenvalue weighted by molar-refractivity contribution is 0.302. The highest BCUT2D eigenvalue weighted by molar-refractivity contribution is 5.13. The SMILES string of the molecule is CCCCCCCCOc1[c]nccc1. The summed E-state index contributed by atoms with van der Waals surface area (Å²) in [4.78, 5) is 3.87. The maximum atomic E-state index is 5.49. The lowest BCUT2D eigenvalue weighted by Gasteiger charge is -2.04. The van der Waals surface area contributed by atoms with Gasteiger partial charge in [0.05, 0.1) is 6.61 Å². The quantitative estimate of drug-likeness (QED) is 0.606. The molecule has 0 N–H and O–H groups in total. The van der Waals surface area contributed by atoms with Crippen molar-refractivity contribution >= 4 is 0 Å². The van der Waals surface area contributed by atoms with Crippen LogP contribution in [0.15, 0.2) is 18.3 Å². The zero-order valence-corrected chi connectivity index (χ0v) is 9.54. The molecule has 0 aliphatic carbocycles. The molecule has 0 atom stereocenters. The first-order valence-electron chi connectivity index (χ1n) is 5.89. The van der Waals surface area contributed by atoms with Gasteiger partial charge in [-0.3, -0.25) is 4.98 Å². The Bertz CT molecular complexity index is 236. The fourth-order valence-electron chi connectivity index (χ4n) is 1.46. The molecule has 1 aromatic rings. The van der Waals surface area contributed by atoms with Gasteiger partial charge < -0.3 is 4.74 Å². The second-order valence-electron chi connectivity index (χ2n) is 3.73. The van der Waals surface area contributed by atoms with Crippen molar-refractivity contribution in [3.05, 3.63) is 24.5 Å². The first-order valence-corrected chi connectivity index (χ1v) is 5.89. The molecule has 0 fully saturated rings. The molecule has 0 aliphatic rings. The van der Waals surface area contributed by atoms with Gasteiger partial charge in [-0.25, -0.2) is 0 Å². The molecule has 1 heterocycles. The normalized spacial score (nSPS) is 10.2. The van der Waals surface area contributed by atoms with E-state index >= 15 is 0 Å². The minimum absolute atomic E-state index is 0.756. The Balaban J connectivity index is 1.93. The standard InChI is InChI=1S/C13H20NO/c1-2-3-4-5-6-7-11-15-13-9-8-10-14-12-13/h8-10H,2-7,11H2,1H3. The highest BCUT2D eigenvalue weighted by Gasteiger charge is 1.93. The summed E-state index contributed by atoms with van der Waals surface area (Å²) < 4.78 is 5.49. The molecule has 0 aromatic carbocycles. The second kappa shape index (κ2) is 8.27. The Labute approximate surface area is 92.7 Å². The van der Waals surface area contributed by atoms with Crippen molar-refractivity contribution in [3.8, 4) is 5.75 Å². The van der Waals surface area contributed by atoms with E-state index < -0.39 is 0 Å². The van der Waals surface area contributed by atoms with E-state index in [4.69, 9.17) is 4.74 Å². The average molecular weight is 206 g/mol. The molecule has 0 unspecified atom stereocenters. The largest absolute Gasteiger partial charge is 0.491 e. The summed E-state index contributed by atoms with van der Waals surface area (Å²) in [5, 5.41) is 0. The van der Waals surface area contributed by atoms with Crippen LogP contribution in [0, 0.1) is 6.20 Å². The molecule has 0 saturated carbocycles. The van der Waals surface area contributed by atoms with Gasteiger partial charge in [0.1, 0.15) is 11.9 Å². The van der Waals surface area contributed by atoms with Crippen LogP contribution in [0.5, 0.6) is 5.75 Å². The number of pyridine rings is 1. The summed E-state index contributed by atoms with van der Waals surface area (Å²) in [5.74, 6) is 0.756. The van der Waals surface area contributed by atoms with Crippen molar-refractivity contribution in [2.24, 2.45) is 0 Å². The maximum absolute atomic E-state index is 5.49. The van der Waals surface area contributed by atoms with Crippen LogP contribution in [0.1, 0.15) is 45.4 Å². The number of unbranched alkanes of at least 4 members (excludes halogenated alkanes) is 5. The number of ether oxygens (including phenoxy) is 1. The van der Waals surface area contributed by atoms with Gasteiger partial charge in [0, 0.05) is 6.20 Å². The monoisotopic (exact) mass is 206 g/mol. The molecule has 83 valence electrons. The topological polar surface area (TPSA) is 22.1 Å². The second-order valence-corrected chi connectivity index (χ2v) is 3.73. The highest BCUT2D eigenvalue weighted by atomic mass is 16.5. The van der Waals surface area contributed by atoms with E-state index in [1.54, 1.807) is 6.20 Å². The number of hydrogen-bond donors (Lipinski definition) is 0. The molecule has 0 spiro atoms. The molecule has 2 nitrogen and oxygen atoms in total. The van der Waals surface area contributed by atoms with E-state index in [0.717, 1.165) is 18.8 Å². The van der Waals surface area contributed by atoms with Gasteiger partial charge in [0.25, 0.3) is 0 Å². The molecule has 1 radical (unpaired) electrons. The van der Waals surface area contributed by atoms with Crippen molar-refractivity contribution in [3.63, 3.8) is 0 Å². The fourth-order valence-corrected chi connectivity index (χ4v) is 1.46. The van der Waals surface area contributed by atoms with Gasteiger partial charge >= 0.3 is 0 Å². The number of hydrogen-bond acceptors (Lipinski definition) is 2. The van der Waals surface area contributed by atoms with Gasteiger partial charge in [0.15, 0.2) is 0 Å². The van der Waals surface area contributed by atoms with E-state index in [1.165, 1.54) is 32.1 Å². The molecular weight excluding hydrogens is 186 g/mol. The fraction of sp³-hybridized carbons (Fsp3) is 0.615. The lowest BCUT2D eigenvalue weighted by atomic mass is 10.1. The highest BCUT2D eigenvalue weighted by Crippen LogP contribution is 2.08. The predicted octanol–water partition coefficient (Wildman–Crippen LogP) is 3.62. The molecule has 0 bridgehead atoms. The Morgan fingerprint density at radius 3 is 2.73 bits per heavy atom. The van der Waals surface area contributed by atoms with Gasteiger partial charge in [-0.1, -0.05) is 39.0 Å². The lowest BCUT2D eigenvalue weighted by Crippen LogP contribution is -1.97. The van der Waals surface area contributed by atoms with Crippen LogP contribution in [-0.4, -0.2) is 11.6 Å². The molecule has 0 amide bonds. The van der Waals surface area contributed by atoms with Crippen molar-refractivity contribution in [2.45, 2.75) is 45.4 Å². The Hall–Kier alpha value is -1.05. The van der Waals surface area contributed by atoms with Crippen LogP contribution < -0.4 is 4.74 Å². The summed E-state index contributed by atoms with van der Waals surface area (Å²) in [6.45, 7) is 3.02. The summed E-state index contributed by atoms with van der Waals surface area (Å²) in [6, 6.07) is 3.76. The third kappa shape index (κ3) is 6.10. The Kier molecular flexibility index (Phi) is 6.63. The number of rotatable bonds is 8. The number of aromatic nitrogens is 1. The zero-order chi connectivity index (χ0) is 10.8. The molecule has 1 rings (SSSR count). The molecule has 2 heteroatoms. The van der Waals surface area contributed by atoms with Gasteiger partial charge in [0.2, 0.25) is 0 Å². The third-order valence-corrected chi connectivity index (χ3v) is 2.34. The van der Waals surface area contributed by atoms with Crippen LogP contribution in [-0.2, 0) is 0 Å². The molecule has 15 heavy (non-hydrogen) atoms. The maximum Gasteiger partial charge on any atom is 0.147 e. The molecular formula is C13H20NO. The average Bonchev–Trinajstić information content (AvgIpc) is 2.29. The van der Waals surface area contributed by atoms with Crippen LogP contribution >= 0.6 is 0 Å². The zero-order valence-electron chi connectivity index (χ0n) is 9.54. The predicted molar refractivity (Wildman–Crippen MR) is 61.9 cm³/mol. The van der Waals surface area contributed by atoms with E-state index in [9.17, 15) is 0 Å². The minimum atomic E-state index is 0.756. The first kappa shape index (κ1) is 12.0. The van der Waals surface area contributed by atoms with Crippen molar-refractivity contribution in [1.29, 1.82) is 0 Å². The van der Waals surface area contributed by atoms with Crippen LogP contribution in [0.4, 0.5) is 0 Å². The number of nitrogens with zero attached hydrogens (tertiary/aromatic N) is 1. The van der Waals surface area contributed by atoms with Crippen molar-refractivity contribution in [1.82, 2.24) is 4.98 Å². The molecule has 1 aromatic heterocycles. The minimum Gasteiger partial charge on any atom is -0.491 e. The van der Waals surface area contributed by atoms with E-state index in [-0.39, 0.29) is 0 Å². The van der Waals surface area contributed by atoms with Crippen LogP contribution in [0.25, 0.3) is 0 Å². The third-order valence-electron chi connectivity index (χ3n) is 2.34. The summed E-state index contributed by atoms with van der Waals surface area (Å²) >= 11 is 0. The van der Waals surface area contributed by atoms with Gasteiger partial charge in [-0.2, -0.15) is 0 Å². The Morgan fingerprint density at radius 1 is 1.20 bits per heavy atom. The van der Waals surface area contributed by atoms with E-state index in [1.807, 2.05) is 12.1 Å². The molecule has 0 aliphatic heterocycles. The smallest absolute Gasteiger partial charge is 0.147 e. The van der Waals surface area contributed by atoms with Gasteiger partial charge in [-0.15, -0.1) is 0 Å². The summed E-state index contributed by atoms with van der Waals surface area (Å²) in [7, 11) is 0. The van der Waals surface area contributed by atoms with Crippen LogP contribution in [0.3, 0.4) is 0 Å². The van der Waals surface area contributed by atoms with Crippen molar-refractivity contribution in [2.75, 3.05) is 6.61 Å². The Morgan fingerprint density at radius 2 is 2.00 bits per heavy atom. The summed E-state index contributed by atoms with van der Waals surface area (Å²) in [6.07, 6.45) is 12.3. The van der Waals surface area contributed by atoms with Crippen molar-refractivity contribution < 1.29 is 4.74 Å². The van der Waals surface area contributed by atoms with Gasteiger partial charge in [-0.05, 0) is 18.6 Å². The first-order chi connectivity index (χ1) is 7.43. The molecule has 0 saturated heterocycles. The van der Waals surface area contributed by atoms with E-state index in [2.05, 4.69) is 18.1 Å². The summed E-state index contributed by atoms with van der Waals surface area (Å²) in [5.41, 5.74) is 0. The van der Waals surface area contributed by atoms with Crippen LogP contribution in [0.2, 0.25) is 0 Å². The van der Waals surface area contributed by atoms with E-state index in [0.29, 0.717) is 0 Å².